The standard InChI is InChI=1S/C10H9F2N3O2/c1-2-17-10(16)14-15(6-13)9-7(11)4-3-5-8(9)12/h3-5H,2H2,1H3,(H,14,16). The SMILES string of the molecule is CCOC(=O)NN(C#N)c1c(F)cccc1F. The molecule has 0 bridgehead atoms. The lowest BCUT2D eigenvalue weighted by Gasteiger charge is -2.17. The maximum Gasteiger partial charge on any atom is 0.427 e. The fourth-order valence-electron chi connectivity index (χ4n) is 1.09. The van der Waals surface area contributed by atoms with Crippen LogP contribution in [-0.2, 0) is 4.74 Å². The quantitative estimate of drug-likeness (QED) is 0.498. The zero-order valence-electron chi connectivity index (χ0n) is 8.91. The molecule has 1 rings (SSSR count). The molecule has 0 heterocycles. The minimum Gasteiger partial charge on any atom is -0.449 e. The smallest absolute Gasteiger partial charge is 0.427 e. The van der Waals surface area contributed by atoms with Gasteiger partial charge in [0.15, 0.2) is 11.6 Å². The zero-order valence-corrected chi connectivity index (χ0v) is 8.91. The lowest BCUT2D eigenvalue weighted by Crippen LogP contribution is -2.40. The Bertz CT molecular complexity index is 439. The molecule has 1 N–H and O–H groups in total. The Balaban J connectivity index is 2.95. The van der Waals surface area contributed by atoms with Gasteiger partial charge >= 0.3 is 6.09 Å². The molecule has 1 aromatic rings. The summed E-state index contributed by atoms with van der Waals surface area (Å²) in [5.41, 5.74) is 1.23. The number of nitrogens with one attached hydrogen (secondary N) is 1. The minimum absolute atomic E-state index is 0.0743. The molecule has 7 heteroatoms. The summed E-state index contributed by atoms with van der Waals surface area (Å²) in [6.07, 6.45) is 0.455. The van der Waals surface area contributed by atoms with E-state index in [0.717, 1.165) is 18.2 Å². The van der Waals surface area contributed by atoms with Crippen LogP contribution in [0.3, 0.4) is 0 Å². The number of halogens is 2. The van der Waals surface area contributed by atoms with Gasteiger partial charge < -0.3 is 4.74 Å². The maximum atomic E-state index is 13.3. The molecule has 0 atom stereocenters. The van der Waals surface area contributed by atoms with E-state index in [1.165, 1.54) is 6.19 Å². The molecule has 1 aromatic carbocycles. The number of ether oxygens (including phenoxy) is 1. The first-order valence-electron chi connectivity index (χ1n) is 4.67. The number of anilines is 1. The molecule has 0 fully saturated rings. The zero-order chi connectivity index (χ0) is 12.8. The third kappa shape index (κ3) is 3.04. The van der Waals surface area contributed by atoms with Crippen LogP contribution in [0.25, 0.3) is 0 Å². The maximum absolute atomic E-state index is 13.3. The number of benzene rings is 1. The van der Waals surface area contributed by atoms with Crippen LogP contribution in [-0.4, -0.2) is 12.7 Å². The second-order valence-corrected chi connectivity index (χ2v) is 2.84. The van der Waals surface area contributed by atoms with Crippen LogP contribution in [0.15, 0.2) is 18.2 Å². The van der Waals surface area contributed by atoms with Gasteiger partial charge in [0.05, 0.1) is 6.61 Å². The Labute approximate surface area is 96.2 Å². The van der Waals surface area contributed by atoms with Crippen molar-refractivity contribution < 1.29 is 18.3 Å². The monoisotopic (exact) mass is 241 g/mol. The van der Waals surface area contributed by atoms with Crippen molar-refractivity contribution in [3.63, 3.8) is 0 Å². The van der Waals surface area contributed by atoms with Gasteiger partial charge in [-0.25, -0.2) is 19.0 Å². The number of carbonyl (C=O) groups excluding carboxylic acids is 1. The van der Waals surface area contributed by atoms with Crippen molar-refractivity contribution in [2.45, 2.75) is 6.92 Å². The van der Waals surface area contributed by atoms with Crippen molar-refractivity contribution in [1.29, 1.82) is 5.26 Å². The molecule has 0 radical (unpaired) electrons. The molecule has 0 saturated carbocycles. The van der Waals surface area contributed by atoms with Crippen molar-refractivity contribution in [1.82, 2.24) is 5.43 Å². The van der Waals surface area contributed by atoms with E-state index in [-0.39, 0.29) is 6.61 Å². The van der Waals surface area contributed by atoms with E-state index in [1.54, 1.807) is 6.92 Å². The first kappa shape index (κ1) is 12.7. The van der Waals surface area contributed by atoms with E-state index in [1.807, 2.05) is 5.43 Å². The first-order chi connectivity index (χ1) is 8.10. The lowest BCUT2D eigenvalue weighted by molar-refractivity contribution is 0.152. The van der Waals surface area contributed by atoms with Gasteiger partial charge in [0.25, 0.3) is 0 Å². The number of carbonyl (C=O) groups is 1. The van der Waals surface area contributed by atoms with Gasteiger partial charge in [-0.2, -0.15) is 10.3 Å². The van der Waals surface area contributed by atoms with Crippen LogP contribution < -0.4 is 10.4 Å². The van der Waals surface area contributed by atoms with Gasteiger partial charge in [0, 0.05) is 0 Å². The average Bonchev–Trinajstić information content (AvgIpc) is 2.27. The first-order valence-corrected chi connectivity index (χ1v) is 4.67. The van der Waals surface area contributed by atoms with Gasteiger partial charge in [0.2, 0.25) is 6.19 Å². The van der Waals surface area contributed by atoms with Gasteiger partial charge in [-0.15, -0.1) is 0 Å². The van der Waals surface area contributed by atoms with E-state index in [4.69, 9.17) is 5.26 Å². The molecule has 0 aromatic heterocycles. The highest BCUT2D eigenvalue weighted by molar-refractivity contribution is 5.71. The topological polar surface area (TPSA) is 65.4 Å². The average molecular weight is 241 g/mol. The Morgan fingerprint density at radius 3 is 2.59 bits per heavy atom. The van der Waals surface area contributed by atoms with E-state index in [2.05, 4.69) is 4.74 Å². The highest BCUT2D eigenvalue weighted by Crippen LogP contribution is 2.21. The number of para-hydroxylation sites is 1. The van der Waals surface area contributed by atoms with Gasteiger partial charge in [0.1, 0.15) is 5.69 Å². The molecule has 17 heavy (non-hydrogen) atoms. The summed E-state index contributed by atoms with van der Waals surface area (Å²) >= 11 is 0. The molecule has 0 saturated heterocycles. The number of nitriles is 1. The summed E-state index contributed by atoms with van der Waals surface area (Å²) in [6.45, 7) is 1.63. The number of hydrazine groups is 1. The summed E-state index contributed by atoms with van der Waals surface area (Å²) in [4.78, 5) is 11.0. The van der Waals surface area contributed by atoms with Crippen molar-refractivity contribution >= 4 is 11.8 Å². The summed E-state index contributed by atoms with van der Waals surface area (Å²) in [5.74, 6) is -1.94. The van der Waals surface area contributed by atoms with Crippen LogP contribution in [0, 0.1) is 23.1 Å². The van der Waals surface area contributed by atoms with Crippen LogP contribution >= 0.6 is 0 Å². The number of hydrogen-bond donors (Lipinski definition) is 1. The second-order valence-electron chi connectivity index (χ2n) is 2.84. The Morgan fingerprint density at radius 2 is 2.12 bits per heavy atom. The predicted octanol–water partition coefficient (Wildman–Crippen LogP) is 1.91. The van der Waals surface area contributed by atoms with E-state index >= 15 is 0 Å². The van der Waals surface area contributed by atoms with Crippen molar-refractivity contribution in [3.05, 3.63) is 29.8 Å². The Morgan fingerprint density at radius 1 is 1.53 bits per heavy atom. The highest BCUT2D eigenvalue weighted by atomic mass is 19.1. The van der Waals surface area contributed by atoms with Crippen molar-refractivity contribution in [2.24, 2.45) is 0 Å². The fraction of sp³-hybridized carbons (Fsp3) is 0.200. The molecule has 1 amide bonds. The molecule has 0 unspecified atom stereocenters. The molecule has 5 nitrogen and oxygen atoms in total. The molecule has 0 aliphatic rings. The summed E-state index contributed by atoms with van der Waals surface area (Å²) in [7, 11) is 0. The minimum atomic E-state index is -0.975. The van der Waals surface area contributed by atoms with Crippen LogP contribution in [0.5, 0.6) is 0 Å². The summed E-state index contributed by atoms with van der Waals surface area (Å²) in [6, 6.07) is 3.08. The third-order valence-corrected chi connectivity index (χ3v) is 1.74. The molecular formula is C10H9F2N3O2. The summed E-state index contributed by atoms with van der Waals surface area (Å²) in [5, 5.41) is 9.08. The van der Waals surface area contributed by atoms with Gasteiger partial charge in [-0.05, 0) is 19.1 Å². The molecule has 90 valence electrons. The van der Waals surface area contributed by atoms with Crippen LogP contribution in [0.4, 0.5) is 19.3 Å². The Hall–Kier alpha value is -2.36. The normalized spacial score (nSPS) is 9.29. The highest BCUT2D eigenvalue weighted by Gasteiger charge is 2.18. The van der Waals surface area contributed by atoms with Crippen LogP contribution in [0.2, 0.25) is 0 Å². The van der Waals surface area contributed by atoms with Gasteiger partial charge in [-0.3, -0.25) is 0 Å². The number of nitrogens with zero attached hydrogens (tertiary/aromatic N) is 2. The lowest BCUT2D eigenvalue weighted by atomic mass is 10.3. The van der Waals surface area contributed by atoms with Crippen molar-refractivity contribution in [3.8, 4) is 6.19 Å². The second kappa shape index (κ2) is 5.65. The predicted molar refractivity (Wildman–Crippen MR) is 54.6 cm³/mol. The van der Waals surface area contributed by atoms with Gasteiger partial charge in [-0.1, -0.05) is 6.07 Å². The number of hydrogen-bond acceptors (Lipinski definition) is 4. The molecular weight excluding hydrogens is 232 g/mol. The van der Waals surface area contributed by atoms with E-state index < -0.39 is 23.4 Å². The number of amides is 1. The van der Waals surface area contributed by atoms with E-state index in [0.29, 0.717) is 5.01 Å². The molecule has 0 aliphatic carbocycles. The van der Waals surface area contributed by atoms with E-state index in [9.17, 15) is 13.6 Å². The molecule has 0 spiro atoms. The third-order valence-electron chi connectivity index (χ3n) is 1.74. The summed E-state index contributed by atoms with van der Waals surface area (Å²) < 4.78 is 31.1. The molecule has 0 aliphatic heterocycles. The Kier molecular flexibility index (Phi) is 4.22. The largest absolute Gasteiger partial charge is 0.449 e. The van der Waals surface area contributed by atoms with Crippen LogP contribution in [0.1, 0.15) is 6.92 Å². The number of rotatable bonds is 3. The van der Waals surface area contributed by atoms with Crippen molar-refractivity contribution in [2.75, 3.05) is 11.6 Å². The fourth-order valence-corrected chi connectivity index (χ4v) is 1.09.